The number of aromatic amines is 1. The van der Waals surface area contributed by atoms with Crippen molar-refractivity contribution >= 4 is 18.2 Å². The molecule has 0 spiro atoms. The number of anilines is 1. The van der Waals surface area contributed by atoms with E-state index in [-0.39, 0.29) is 0 Å². The lowest BCUT2D eigenvalue weighted by atomic mass is 10.1. The van der Waals surface area contributed by atoms with Crippen molar-refractivity contribution in [3.05, 3.63) is 40.7 Å². The van der Waals surface area contributed by atoms with E-state index in [1.807, 2.05) is 6.07 Å². The predicted molar refractivity (Wildman–Crippen MR) is 79.1 cm³/mol. The van der Waals surface area contributed by atoms with E-state index < -0.39 is 0 Å². The van der Waals surface area contributed by atoms with Gasteiger partial charge in [0.05, 0.1) is 0 Å². The van der Waals surface area contributed by atoms with E-state index >= 15 is 0 Å². The minimum Gasteiger partial charge on any atom is -0.344 e. The average molecular weight is 274 g/mol. The SMILES string of the molecule is CN(CCc1ccccc1)c1n[nH]c(=S)n1C1CC1. The lowest BCUT2D eigenvalue weighted by molar-refractivity contribution is 0.699. The summed E-state index contributed by atoms with van der Waals surface area (Å²) in [6, 6.07) is 11.1. The molecule has 0 radical (unpaired) electrons. The number of hydrogen-bond acceptors (Lipinski definition) is 3. The summed E-state index contributed by atoms with van der Waals surface area (Å²) in [4.78, 5) is 2.18. The van der Waals surface area contributed by atoms with Crippen molar-refractivity contribution < 1.29 is 0 Å². The molecule has 4 nitrogen and oxygen atoms in total. The zero-order chi connectivity index (χ0) is 13.2. The lowest BCUT2D eigenvalue weighted by Crippen LogP contribution is -2.24. The number of hydrogen-bond donors (Lipinski definition) is 1. The van der Waals surface area contributed by atoms with Gasteiger partial charge in [0.15, 0.2) is 4.77 Å². The van der Waals surface area contributed by atoms with Crippen LogP contribution < -0.4 is 4.90 Å². The second-order valence-electron chi connectivity index (χ2n) is 5.09. The Bertz CT molecular complexity index is 597. The summed E-state index contributed by atoms with van der Waals surface area (Å²) in [5.74, 6) is 0.962. The summed E-state index contributed by atoms with van der Waals surface area (Å²) in [7, 11) is 2.08. The van der Waals surface area contributed by atoms with Gasteiger partial charge >= 0.3 is 0 Å². The molecule has 1 saturated carbocycles. The van der Waals surface area contributed by atoms with Crippen molar-refractivity contribution in [1.82, 2.24) is 14.8 Å². The maximum absolute atomic E-state index is 5.30. The summed E-state index contributed by atoms with van der Waals surface area (Å²) < 4.78 is 2.89. The molecular formula is C14H18N4S. The van der Waals surface area contributed by atoms with Crippen molar-refractivity contribution in [2.45, 2.75) is 25.3 Å². The maximum Gasteiger partial charge on any atom is 0.225 e. The van der Waals surface area contributed by atoms with E-state index in [1.54, 1.807) is 0 Å². The summed E-state index contributed by atoms with van der Waals surface area (Å²) in [5, 5.41) is 7.27. The molecule has 1 N–H and O–H groups in total. The third-order valence-corrected chi connectivity index (χ3v) is 3.81. The lowest BCUT2D eigenvalue weighted by Gasteiger charge is -2.18. The largest absolute Gasteiger partial charge is 0.344 e. The Morgan fingerprint density at radius 1 is 1.37 bits per heavy atom. The Hall–Kier alpha value is -1.62. The van der Waals surface area contributed by atoms with Crippen LogP contribution in [0.2, 0.25) is 0 Å². The minimum atomic E-state index is 0.556. The molecule has 0 aliphatic heterocycles. The standard InChI is InChI=1S/C14H18N4S/c1-17(10-9-11-5-3-2-4-6-11)13-15-16-14(19)18(13)12-7-8-12/h2-6,12H,7-10H2,1H3,(H,16,19). The van der Waals surface area contributed by atoms with Crippen LogP contribution in [0.4, 0.5) is 5.95 Å². The number of nitrogens with one attached hydrogen (secondary N) is 1. The molecule has 19 heavy (non-hydrogen) atoms. The van der Waals surface area contributed by atoms with Crippen molar-refractivity contribution in [1.29, 1.82) is 0 Å². The van der Waals surface area contributed by atoms with Gasteiger partial charge in [-0.3, -0.25) is 4.57 Å². The molecule has 0 amide bonds. The molecular weight excluding hydrogens is 256 g/mol. The number of H-pyrrole nitrogens is 1. The number of nitrogens with zero attached hydrogens (tertiary/aromatic N) is 3. The summed E-state index contributed by atoms with van der Waals surface area (Å²) in [6.45, 7) is 0.941. The van der Waals surface area contributed by atoms with Crippen LogP contribution in [0.25, 0.3) is 0 Å². The first-order valence-electron chi connectivity index (χ1n) is 6.67. The highest BCUT2D eigenvalue weighted by Crippen LogP contribution is 2.37. The van der Waals surface area contributed by atoms with E-state index in [9.17, 15) is 0 Å². The molecule has 0 unspecified atom stereocenters. The molecule has 5 heteroatoms. The fraction of sp³-hybridized carbons (Fsp3) is 0.429. The van der Waals surface area contributed by atoms with Crippen LogP contribution in [0.3, 0.4) is 0 Å². The highest BCUT2D eigenvalue weighted by Gasteiger charge is 2.28. The van der Waals surface area contributed by atoms with E-state index in [4.69, 9.17) is 12.2 Å². The molecule has 0 atom stereocenters. The second kappa shape index (κ2) is 5.17. The third-order valence-electron chi connectivity index (χ3n) is 3.52. The highest BCUT2D eigenvalue weighted by molar-refractivity contribution is 7.71. The first-order chi connectivity index (χ1) is 9.25. The number of rotatable bonds is 5. The van der Waals surface area contributed by atoms with Crippen LogP contribution in [-0.2, 0) is 6.42 Å². The minimum absolute atomic E-state index is 0.556. The first-order valence-corrected chi connectivity index (χ1v) is 7.08. The van der Waals surface area contributed by atoms with E-state index in [0.717, 1.165) is 23.7 Å². The Morgan fingerprint density at radius 2 is 2.11 bits per heavy atom. The van der Waals surface area contributed by atoms with Crippen molar-refractivity contribution in [3.8, 4) is 0 Å². The van der Waals surface area contributed by atoms with Crippen LogP contribution in [-0.4, -0.2) is 28.4 Å². The average Bonchev–Trinajstić information content (AvgIpc) is 3.20. The zero-order valence-electron chi connectivity index (χ0n) is 11.0. The van der Waals surface area contributed by atoms with Gasteiger partial charge in [-0.05, 0) is 37.0 Å². The smallest absolute Gasteiger partial charge is 0.225 e. The van der Waals surface area contributed by atoms with Crippen LogP contribution in [0.1, 0.15) is 24.4 Å². The van der Waals surface area contributed by atoms with Gasteiger partial charge in [0.1, 0.15) is 0 Å². The Labute approximate surface area is 118 Å². The van der Waals surface area contributed by atoms with Crippen LogP contribution >= 0.6 is 12.2 Å². The molecule has 2 aromatic rings. The van der Waals surface area contributed by atoms with Crippen molar-refractivity contribution in [2.75, 3.05) is 18.5 Å². The Kier molecular flexibility index (Phi) is 3.38. The molecule has 0 saturated heterocycles. The monoisotopic (exact) mass is 274 g/mol. The summed E-state index contributed by atoms with van der Waals surface area (Å²) in [5.41, 5.74) is 1.35. The molecule has 0 bridgehead atoms. The molecule has 1 aromatic carbocycles. The molecule has 100 valence electrons. The second-order valence-corrected chi connectivity index (χ2v) is 5.47. The van der Waals surface area contributed by atoms with Gasteiger partial charge in [-0.25, -0.2) is 5.10 Å². The van der Waals surface area contributed by atoms with E-state index in [2.05, 4.69) is 51.0 Å². The van der Waals surface area contributed by atoms with Gasteiger partial charge in [0.2, 0.25) is 5.95 Å². The van der Waals surface area contributed by atoms with Gasteiger partial charge in [-0.15, -0.1) is 5.10 Å². The number of benzene rings is 1. The summed E-state index contributed by atoms with van der Waals surface area (Å²) in [6.07, 6.45) is 3.45. The van der Waals surface area contributed by atoms with Gasteiger partial charge in [-0.2, -0.15) is 0 Å². The Balaban J connectivity index is 1.70. The molecule has 3 rings (SSSR count). The van der Waals surface area contributed by atoms with E-state index in [0.29, 0.717) is 6.04 Å². The summed E-state index contributed by atoms with van der Waals surface area (Å²) >= 11 is 5.30. The maximum atomic E-state index is 5.30. The van der Waals surface area contributed by atoms with Crippen LogP contribution in [0.15, 0.2) is 30.3 Å². The quantitative estimate of drug-likeness (QED) is 0.852. The van der Waals surface area contributed by atoms with Gasteiger partial charge in [0, 0.05) is 19.6 Å². The topological polar surface area (TPSA) is 36.9 Å². The zero-order valence-corrected chi connectivity index (χ0v) is 11.9. The van der Waals surface area contributed by atoms with Crippen LogP contribution in [0, 0.1) is 4.77 Å². The molecule has 1 fully saturated rings. The Morgan fingerprint density at radius 3 is 2.79 bits per heavy atom. The number of likely N-dealkylation sites (N-methyl/N-ethyl adjacent to an activating group) is 1. The molecule has 1 aliphatic carbocycles. The van der Waals surface area contributed by atoms with Gasteiger partial charge in [0.25, 0.3) is 0 Å². The van der Waals surface area contributed by atoms with E-state index in [1.165, 1.54) is 18.4 Å². The molecule has 1 aromatic heterocycles. The highest BCUT2D eigenvalue weighted by atomic mass is 32.1. The van der Waals surface area contributed by atoms with Crippen molar-refractivity contribution in [2.24, 2.45) is 0 Å². The third kappa shape index (κ3) is 2.71. The van der Waals surface area contributed by atoms with Crippen LogP contribution in [0.5, 0.6) is 0 Å². The molecule has 1 heterocycles. The predicted octanol–water partition coefficient (Wildman–Crippen LogP) is 2.95. The fourth-order valence-electron chi connectivity index (χ4n) is 2.27. The first kappa shape index (κ1) is 12.4. The number of aromatic nitrogens is 3. The van der Waals surface area contributed by atoms with Gasteiger partial charge < -0.3 is 4.90 Å². The van der Waals surface area contributed by atoms with Gasteiger partial charge in [-0.1, -0.05) is 30.3 Å². The van der Waals surface area contributed by atoms with Crippen molar-refractivity contribution in [3.63, 3.8) is 0 Å². The normalized spacial score (nSPS) is 14.6. The fourth-order valence-corrected chi connectivity index (χ4v) is 2.55. The molecule has 1 aliphatic rings.